The number of nitrogens with one attached hydrogen (secondary N) is 1. The van der Waals surface area contributed by atoms with Gasteiger partial charge in [0.1, 0.15) is 6.04 Å². The lowest BCUT2D eigenvalue weighted by molar-refractivity contribution is -0.139. The van der Waals surface area contributed by atoms with Crippen molar-refractivity contribution in [2.24, 2.45) is 13.0 Å². The van der Waals surface area contributed by atoms with Gasteiger partial charge >= 0.3 is 5.97 Å². The molecule has 0 aromatic carbocycles. The Balaban J connectivity index is 2.75. The second kappa shape index (κ2) is 4.93. The largest absolute Gasteiger partial charge is 0.480 e. The Kier molecular flexibility index (Phi) is 3.85. The van der Waals surface area contributed by atoms with E-state index in [1.165, 1.54) is 0 Å². The number of hydrogen-bond donors (Lipinski definition) is 2. The molecule has 0 fully saturated rings. The van der Waals surface area contributed by atoms with Crippen LogP contribution in [0.3, 0.4) is 0 Å². The molecule has 0 aliphatic rings. The van der Waals surface area contributed by atoms with Gasteiger partial charge in [-0.2, -0.15) is 0 Å². The zero-order valence-corrected chi connectivity index (χ0v) is 9.27. The molecule has 2 N–H and O–H groups in total. The van der Waals surface area contributed by atoms with E-state index >= 15 is 0 Å². The van der Waals surface area contributed by atoms with Crippen molar-refractivity contribution in [3.05, 3.63) is 18.2 Å². The van der Waals surface area contributed by atoms with E-state index in [0.717, 1.165) is 0 Å². The van der Waals surface area contributed by atoms with Crippen LogP contribution in [0.5, 0.6) is 0 Å². The van der Waals surface area contributed by atoms with Crippen LogP contribution < -0.4 is 5.32 Å². The maximum Gasteiger partial charge on any atom is 0.326 e. The lowest BCUT2D eigenvalue weighted by Gasteiger charge is -2.16. The predicted octanol–water partition coefficient (Wildman–Crippen LogP) is 0.791. The molecule has 1 atom stereocenters. The smallest absolute Gasteiger partial charge is 0.326 e. The van der Waals surface area contributed by atoms with Crippen molar-refractivity contribution in [1.29, 1.82) is 0 Å². The van der Waals surface area contributed by atoms with Crippen LogP contribution in [0, 0.1) is 5.92 Å². The van der Waals surface area contributed by atoms with Crippen molar-refractivity contribution in [2.75, 3.05) is 6.54 Å². The standard InChI is InChI=1S/C10H17N3O2/c1-7(2)4-12-9(10(14)15)8-5-11-6-13(8)3/h5-7,9,12H,4H2,1-3H3,(H,14,15). The molecule has 0 aliphatic heterocycles. The molecule has 1 aromatic heterocycles. The van der Waals surface area contributed by atoms with Crippen LogP contribution in [0.2, 0.25) is 0 Å². The van der Waals surface area contributed by atoms with E-state index in [-0.39, 0.29) is 0 Å². The highest BCUT2D eigenvalue weighted by Crippen LogP contribution is 2.11. The van der Waals surface area contributed by atoms with Crippen molar-refractivity contribution >= 4 is 5.97 Å². The van der Waals surface area contributed by atoms with Gasteiger partial charge in [-0.1, -0.05) is 13.8 Å². The number of carboxylic acid groups (broad SMARTS) is 1. The third kappa shape index (κ3) is 3.06. The summed E-state index contributed by atoms with van der Waals surface area (Å²) in [5.74, 6) is -0.459. The highest BCUT2D eigenvalue weighted by atomic mass is 16.4. The molecule has 5 heteroatoms. The molecule has 5 nitrogen and oxygen atoms in total. The molecule has 0 aliphatic carbocycles. The monoisotopic (exact) mass is 211 g/mol. The average Bonchev–Trinajstić information content (AvgIpc) is 2.51. The van der Waals surface area contributed by atoms with Gasteiger partial charge in [0.05, 0.1) is 18.2 Å². The van der Waals surface area contributed by atoms with Gasteiger partial charge in [0.25, 0.3) is 0 Å². The van der Waals surface area contributed by atoms with Gasteiger partial charge in [-0.05, 0) is 12.5 Å². The third-order valence-electron chi connectivity index (χ3n) is 2.13. The predicted molar refractivity (Wildman–Crippen MR) is 56.4 cm³/mol. The van der Waals surface area contributed by atoms with E-state index in [4.69, 9.17) is 5.11 Å². The number of aromatic nitrogens is 2. The fraction of sp³-hybridized carbons (Fsp3) is 0.600. The summed E-state index contributed by atoms with van der Waals surface area (Å²) >= 11 is 0. The van der Waals surface area contributed by atoms with Crippen molar-refractivity contribution in [2.45, 2.75) is 19.9 Å². The molecule has 0 amide bonds. The van der Waals surface area contributed by atoms with Crippen molar-refractivity contribution < 1.29 is 9.90 Å². The molecule has 1 rings (SSSR count). The number of rotatable bonds is 5. The van der Waals surface area contributed by atoms with Crippen LogP contribution >= 0.6 is 0 Å². The first kappa shape index (κ1) is 11.7. The van der Waals surface area contributed by atoms with Gasteiger partial charge in [0, 0.05) is 7.05 Å². The van der Waals surface area contributed by atoms with E-state index in [1.807, 2.05) is 13.8 Å². The number of carbonyl (C=O) groups is 1. The summed E-state index contributed by atoms with van der Waals surface area (Å²) in [6.07, 6.45) is 3.18. The molecule has 0 radical (unpaired) electrons. The molecule has 0 spiro atoms. The minimum Gasteiger partial charge on any atom is -0.480 e. The Morgan fingerprint density at radius 2 is 2.33 bits per heavy atom. The zero-order valence-electron chi connectivity index (χ0n) is 9.27. The first-order valence-electron chi connectivity index (χ1n) is 4.94. The second-order valence-corrected chi connectivity index (χ2v) is 4.00. The molecule has 0 saturated carbocycles. The minimum atomic E-state index is -0.876. The molecule has 0 saturated heterocycles. The highest BCUT2D eigenvalue weighted by Gasteiger charge is 2.21. The normalized spacial score (nSPS) is 13.1. The van der Waals surface area contributed by atoms with Gasteiger partial charge in [0.15, 0.2) is 0 Å². The summed E-state index contributed by atoms with van der Waals surface area (Å²) in [5, 5.41) is 12.1. The maximum atomic E-state index is 11.1. The first-order valence-corrected chi connectivity index (χ1v) is 4.94. The van der Waals surface area contributed by atoms with Gasteiger partial charge < -0.3 is 9.67 Å². The number of nitrogens with zero attached hydrogens (tertiary/aromatic N) is 2. The average molecular weight is 211 g/mol. The number of hydrogen-bond acceptors (Lipinski definition) is 3. The molecular weight excluding hydrogens is 194 g/mol. The molecule has 1 unspecified atom stereocenters. The van der Waals surface area contributed by atoms with Gasteiger partial charge in [-0.3, -0.25) is 10.1 Å². The van der Waals surface area contributed by atoms with Crippen LogP contribution in [0.4, 0.5) is 0 Å². The first-order chi connectivity index (χ1) is 7.02. The van der Waals surface area contributed by atoms with Gasteiger partial charge in [-0.15, -0.1) is 0 Å². The summed E-state index contributed by atoms with van der Waals surface area (Å²) in [7, 11) is 1.79. The Morgan fingerprint density at radius 1 is 1.67 bits per heavy atom. The molecule has 84 valence electrons. The zero-order chi connectivity index (χ0) is 11.4. The molecule has 1 aromatic rings. The van der Waals surface area contributed by atoms with Crippen LogP contribution in [-0.4, -0.2) is 27.2 Å². The summed E-state index contributed by atoms with van der Waals surface area (Å²) < 4.78 is 1.71. The second-order valence-electron chi connectivity index (χ2n) is 4.00. The Morgan fingerprint density at radius 3 is 2.73 bits per heavy atom. The lowest BCUT2D eigenvalue weighted by atomic mass is 10.1. The SMILES string of the molecule is CC(C)CNC(C(=O)O)c1cncn1C. The number of aliphatic carboxylic acids is 1. The maximum absolute atomic E-state index is 11.1. The van der Waals surface area contributed by atoms with E-state index in [2.05, 4.69) is 10.3 Å². The third-order valence-corrected chi connectivity index (χ3v) is 2.13. The molecule has 0 bridgehead atoms. The van der Waals surface area contributed by atoms with Gasteiger partial charge in [0.2, 0.25) is 0 Å². The Hall–Kier alpha value is -1.36. The Labute approximate surface area is 89.1 Å². The quantitative estimate of drug-likeness (QED) is 0.755. The van der Waals surface area contributed by atoms with Gasteiger partial charge in [-0.25, -0.2) is 4.98 Å². The van der Waals surface area contributed by atoms with Crippen molar-refractivity contribution in [1.82, 2.24) is 14.9 Å². The molecule has 15 heavy (non-hydrogen) atoms. The minimum absolute atomic E-state index is 0.417. The van der Waals surface area contributed by atoms with Crippen LogP contribution in [0.1, 0.15) is 25.6 Å². The van der Waals surface area contributed by atoms with E-state index in [0.29, 0.717) is 18.2 Å². The molecule has 1 heterocycles. The summed E-state index contributed by atoms with van der Waals surface area (Å²) in [6.45, 7) is 4.74. The van der Waals surface area contributed by atoms with Crippen molar-refractivity contribution in [3.8, 4) is 0 Å². The number of aryl methyl sites for hydroxylation is 1. The van der Waals surface area contributed by atoms with Crippen molar-refractivity contribution in [3.63, 3.8) is 0 Å². The summed E-state index contributed by atoms with van der Waals surface area (Å²) in [5.41, 5.74) is 0.670. The number of imidazole rings is 1. The summed E-state index contributed by atoms with van der Waals surface area (Å²) in [6, 6.07) is -0.681. The fourth-order valence-corrected chi connectivity index (χ4v) is 1.32. The summed E-state index contributed by atoms with van der Waals surface area (Å²) in [4.78, 5) is 15.0. The topological polar surface area (TPSA) is 67.2 Å². The molecular formula is C10H17N3O2. The fourth-order valence-electron chi connectivity index (χ4n) is 1.32. The lowest BCUT2D eigenvalue weighted by Crippen LogP contribution is -2.32. The van der Waals surface area contributed by atoms with E-state index in [9.17, 15) is 4.79 Å². The Bertz CT molecular complexity index is 333. The van der Waals surface area contributed by atoms with E-state index in [1.54, 1.807) is 24.1 Å². The van der Waals surface area contributed by atoms with E-state index < -0.39 is 12.0 Å². The van der Waals surface area contributed by atoms with Crippen LogP contribution in [-0.2, 0) is 11.8 Å². The number of carboxylic acids is 1. The van der Waals surface area contributed by atoms with Crippen LogP contribution in [0.25, 0.3) is 0 Å². The highest BCUT2D eigenvalue weighted by molar-refractivity contribution is 5.74. The van der Waals surface area contributed by atoms with Crippen LogP contribution in [0.15, 0.2) is 12.5 Å².